The van der Waals surface area contributed by atoms with Crippen molar-refractivity contribution in [2.45, 2.75) is 20.0 Å². The zero-order chi connectivity index (χ0) is 20.9. The maximum Gasteiger partial charge on any atom is 0.420 e. The fraction of sp³-hybridized carbons (Fsp3) is 0.350. The Hall–Kier alpha value is -3.17. The third-order valence-electron chi connectivity index (χ3n) is 3.57. The van der Waals surface area contributed by atoms with Gasteiger partial charge in [-0.2, -0.15) is 0 Å². The predicted molar refractivity (Wildman–Crippen MR) is 105 cm³/mol. The summed E-state index contributed by atoms with van der Waals surface area (Å²) in [4.78, 5) is 27.2. The minimum Gasteiger partial charge on any atom is -0.489 e. The number of hydrogen-bond acceptors (Lipinski definition) is 8. The Kier molecular flexibility index (Phi) is 9.40. The Bertz CT molecular complexity index is 785. The summed E-state index contributed by atoms with van der Waals surface area (Å²) in [6, 6.07) is 11.1. The van der Waals surface area contributed by atoms with Crippen LogP contribution in [0, 0.1) is 0 Å². The second kappa shape index (κ2) is 12.3. The van der Waals surface area contributed by atoms with Crippen molar-refractivity contribution in [3.8, 4) is 17.4 Å². The molecule has 0 radical (unpaired) electrons. The number of rotatable bonds is 11. The normalized spacial score (nSPS) is 10.3. The van der Waals surface area contributed by atoms with Gasteiger partial charge < -0.3 is 24.7 Å². The molecule has 0 atom stereocenters. The summed E-state index contributed by atoms with van der Waals surface area (Å²) < 4.78 is 22.0. The molecule has 1 aromatic heterocycles. The molecule has 0 unspecified atom stereocenters. The van der Waals surface area contributed by atoms with Crippen molar-refractivity contribution in [3.05, 3.63) is 48.2 Å². The zero-order valence-corrected chi connectivity index (χ0v) is 16.3. The number of carbonyl (C=O) groups is 2. The van der Waals surface area contributed by atoms with E-state index in [2.05, 4.69) is 4.98 Å². The number of amides is 2. The highest BCUT2D eigenvalue weighted by atomic mass is 16.6. The van der Waals surface area contributed by atoms with Gasteiger partial charge in [0.15, 0.2) is 5.75 Å². The van der Waals surface area contributed by atoms with E-state index < -0.39 is 12.0 Å². The minimum absolute atomic E-state index is 0.120. The van der Waals surface area contributed by atoms with Gasteiger partial charge >= 0.3 is 6.09 Å². The van der Waals surface area contributed by atoms with E-state index in [4.69, 9.17) is 24.7 Å². The lowest BCUT2D eigenvalue weighted by atomic mass is 10.2. The standard InChI is InChI=1S/C20H25N3O6/c1-2-26-11-6-12-27-16-9-10-22-19(29-20(25)23-17(24)13-21)18(16)28-14-15-7-4-3-5-8-15/h3-5,7-10H,2,6,11-14,21H2,1H3,(H,23,24,25). The molecule has 29 heavy (non-hydrogen) atoms. The van der Waals surface area contributed by atoms with Gasteiger partial charge in [0.1, 0.15) is 6.61 Å². The van der Waals surface area contributed by atoms with Gasteiger partial charge in [-0.15, -0.1) is 0 Å². The number of pyridine rings is 1. The molecule has 2 rings (SSSR count). The van der Waals surface area contributed by atoms with E-state index >= 15 is 0 Å². The lowest BCUT2D eigenvalue weighted by molar-refractivity contribution is -0.118. The molecule has 156 valence electrons. The van der Waals surface area contributed by atoms with Crippen LogP contribution in [0.2, 0.25) is 0 Å². The van der Waals surface area contributed by atoms with Gasteiger partial charge in [0.05, 0.1) is 13.2 Å². The number of aromatic nitrogens is 1. The van der Waals surface area contributed by atoms with Gasteiger partial charge in [0, 0.05) is 31.9 Å². The summed E-state index contributed by atoms with van der Waals surface area (Å²) in [5, 5.41) is 1.99. The second-order valence-corrected chi connectivity index (χ2v) is 5.76. The summed E-state index contributed by atoms with van der Waals surface area (Å²) in [7, 11) is 0. The molecule has 0 fully saturated rings. The van der Waals surface area contributed by atoms with E-state index in [1.807, 2.05) is 42.6 Å². The van der Waals surface area contributed by atoms with Crippen molar-refractivity contribution in [1.29, 1.82) is 0 Å². The molecular formula is C20H25N3O6. The topological polar surface area (TPSA) is 122 Å². The molecular weight excluding hydrogens is 378 g/mol. The lowest BCUT2D eigenvalue weighted by Crippen LogP contribution is -2.37. The first-order valence-electron chi connectivity index (χ1n) is 9.22. The van der Waals surface area contributed by atoms with Crippen LogP contribution in [0.25, 0.3) is 0 Å². The number of ether oxygens (including phenoxy) is 4. The first-order valence-corrected chi connectivity index (χ1v) is 9.22. The Balaban J connectivity index is 2.13. The van der Waals surface area contributed by atoms with E-state index in [1.54, 1.807) is 6.07 Å². The van der Waals surface area contributed by atoms with Crippen molar-refractivity contribution < 1.29 is 28.5 Å². The third-order valence-corrected chi connectivity index (χ3v) is 3.57. The van der Waals surface area contributed by atoms with Crippen LogP contribution in [0.5, 0.6) is 17.4 Å². The minimum atomic E-state index is -1.01. The summed E-state index contributed by atoms with van der Waals surface area (Å²) in [5.74, 6) is -0.279. The molecule has 9 heteroatoms. The maximum atomic E-state index is 11.9. The average molecular weight is 403 g/mol. The van der Waals surface area contributed by atoms with E-state index in [9.17, 15) is 9.59 Å². The van der Waals surface area contributed by atoms with Gasteiger partial charge in [-0.25, -0.2) is 9.78 Å². The molecule has 2 aromatic rings. The monoisotopic (exact) mass is 403 g/mol. The summed E-state index contributed by atoms with van der Waals surface area (Å²) in [6.07, 6.45) is 1.09. The lowest BCUT2D eigenvalue weighted by Gasteiger charge is -2.15. The number of nitrogens with two attached hydrogens (primary N) is 1. The van der Waals surface area contributed by atoms with E-state index in [1.165, 1.54) is 6.20 Å². The highest BCUT2D eigenvalue weighted by molar-refractivity contribution is 5.93. The molecule has 0 saturated carbocycles. The molecule has 3 N–H and O–H groups in total. The zero-order valence-electron chi connectivity index (χ0n) is 16.3. The molecule has 0 aliphatic heterocycles. The van der Waals surface area contributed by atoms with Crippen LogP contribution in [-0.2, 0) is 16.1 Å². The first-order chi connectivity index (χ1) is 14.1. The van der Waals surface area contributed by atoms with Crippen molar-refractivity contribution in [2.75, 3.05) is 26.4 Å². The molecule has 0 aliphatic rings. The summed E-state index contributed by atoms with van der Waals surface area (Å²) in [5.41, 5.74) is 6.09. The SMILES string of the molecule is CCOCCCOc1ccnc(OC(=O)NC(=O)CN)c1OCc1ccccc1. The van der Waals surface area contributed by atoms with Crippen LogP contribution in [0.3, 0.4) is 0 Å². The van der Waals surface area contributed by atoms with Crippen LogP contribution in [-0.4, -0.2) is 43.3 Å². The third kappa shape index (κ3) is 7.76. The van der Waals surface area contributed by atoms with Crippen molar-refractivity contribution in [1.82, 2.24) is 10.3 Å². The largest absolute Gasteiger partial charge is 0.489 e. The maximum absolute atomic E-state index is 11.9. The van der Waals surface area contributed by atoms with Crippen LogP contribution in [0.1, 0.15) is 18.9 Å². The number of nitrogens with zero attached hydrogens (tertiary/aromatic N) is 1. The van der Waals surface area contributed by atoms with E-state index in [0.29, 0.717) is 32.0 Å². The van der Waals surface area contributed by atoms with E-state index in [-0.39, 0.29) is 24.8 Å². The number of benzene rings is 1. The van der Waals surface area contributed by atoms with Crippen LogP contribution in [0.4, 0.5) is 4.79 Å². The van der Waals surface area contributed by atoms with Crippen LogP contribution < -0.4 is 25.3 Å². The van der Waals surface area contributed by atoms with Gasteiger partial charge in [0.25, 0.3) is 5.88 Å². The summed E-state index contributed by atoms with van der Waals surface area (Å²) >= 11 is 0. The number of carbonyl (C=O) groups excluding carboxylic acids is 2. The van der Waals surface area contributed by atoms with Gasteiger partial charge in [-0.05, 0) is 12.5 Å². The van der Waals surface area contributed by atoms with Gasteiger partial charge in [-0.1, -0.05) is 30.3 Å². The second-order valence-electron chi connectivity index (χ2n) is 5.76. The quantitative estimate of drug-likeness (QED) is 0.547. The Morgan fingerprint density at radius 1 is 1.10 bits per heavy atom. The number of imide groups is 1. The Labute approximate surface area is 169 Å². The highest BCUT2D eigenvalue weighted by Gasteiger charge is 2.19. The Morgan fingerprint density at radius 3 is 2.62 bits per heavy atom. The van der Waals surface area contributed by atoms with Crippen molar-refractivity contribution in [3.63, 3.8) is 0 Å². The number of hydrogen-bond donors (Lipinski definition) is 2. The van der Waals surface area contributed by atoms with Crippen LogP contribution >= 0.6 is 0 Å². The molecule has 9 nitrogen and oxygen atoms in total. The van der Waals surface area contributed by atoms with Gasteiger partial charge in [0.2, 0.25) is 11.7 Å². The molecule has 0 bridgehead atoms. The predicted octanol–water partition coefficient (Wildman–Crippen LogP) is 2.04. The Morgan fingerprint density at radius 2 is 1.90 bits per heavy atom. The molecule has 1 heterocycles. The fourth-order valence-electron chi connectivity index (χ4n) is 2.23. The molecule has 0 saturated heterocycles. The average Bonchev–Trinajstić information content (AvgIpc) is 2.73. The van der Waals surface area contributed by atoms with Crippen LogP contribution in [0.15, 0.2) is 42.6 Å². The van der Waals surface area contributed by atoms with Crippen molar-refractivity contribution >= 4 is 12.0 Å². The molecule has 0 spiro atoms. The highest BCUT2D eigenvalue weighted by Crippen LogP contribution is 2.36. The van der Waals surface area contributed by atoms with Crippen molar-refractivity contribution in [2.24, 2.45) is 5.73 Å². The molecule has 1 aromatic carbocycles. The molecule has 0 aliphatic carbocycles. The van der Waals surface area contributed by atoms with E-state index in [0.717, 1.165) is 5.56 Å². The number of nitrogens with one attached hydrogen (secondary N) is 1. The molecule has 2 amide bonds. The first kappa shape index (κ1) is 22.1. The smallest absolute Gasteiger partial charge is 0.420 e. The fourth-order valence-corrected chi connectivity index (χ4v) is 2.23. The van der Waals surface area contributed by atoms with Gasteiger partial charge in [-0.3, -0.25) is 10.1 Å². The summed E-state index contributed by atoms with van der Waals surface area (Å²) in [6.45, 7) is 3.36.